The molecule has 0 saturated heterocycles. The Balaban J connectivity index is 2.24. The Labute approximate surface area is 141 Å². The van der Waals surface area contributed by atoms with E-state index in [1.165, 1.54) is 6.08 Å². The maximum absolute atomic E-state index is 11.7. The van der Waals surface area contributed by atoms with Gasteiger partial charge in [0, 0.05) is 25.6 Å². The molecule has 0 radical (unpaired) electrons. The lowest BCUT2D eigenvalue weighted by Crippen LogP contribution is -2.38. The summed E-state index contributed by atoms with van der Waals surface area (Å²) >= 11 is 0. The molecule has 0 saturated carbocycles. The van der Waals surface area contributed by atoms with Crippen molar-refractivity contribution in [3.05, 3.63) is 35.9 Å². The number of carbonyl (C=O) groups is 3. The molecule has 0 unspecified atom stereocenters. The molecule has 7 nitrogen and oxygen atoms in total. The maximum Gasteiger partial charge on any atom is 0.244 e. The third-order valence-electron chi connectivity index (χ3n) is 3.01. The minimum atomic E-state index is -0.291. The lowest BCUT2D eigenvalue weighted by Gasteiger charge is -2.05. The monoisotopic (exact) mass is 333 g/mol. The van der Waals surface area contributed by atoms with E-state index in [4.69, 9.17) is 4.74 Å². The van der Waals surface area contributed by atoms with E-state index in [1.54, 1.807) is 32.2 Å². The van der Waals surface area contributed by atoms with Crippen molar-refractivity contribution in [1.82, 2.24) is 16.0 Å². The molecular weight excluding hydrogens is 310 g/mol. The second-order valence-corrected chi connectivity index (χ2v) is 4.88. The van der Waals surface area contributed by atoms with E-state index < -0.39 is 0 Å². The van der Waals surface area contributed by atoms with Crippen LogP contribution in [-0.4, -0.2) is 44.5 Å². The van der Waals surface area contributed by atoms with Crippen molar-refractivity contribution in [1.29, 1.82) is 0 Å². The average Bonchev–Trinajstić information content (AvgIpc) is 2.59. The van der Waals surface area contributed by atoms with Gasteiger partial charge >= 0.3 is 0 Å². The van der Waals surface area contributed by atoms with E-state index in [9.17, 15) is 14.4 Å². The van der Waals surface area contributed by atoms with Crippen LogP contribution in [0.3, 0.4) is 0 Å². The van der Waals surface area contributed by atoms with Gasteiger partial charge in [0.05, 0.1) is 13.7 Å². The fourth-order valence-electron chi connectivity index (χ4n) is 1.77. The fraction of sp³-hybridized carbons (Fsp3) is 0.353. The van der Waals surface area contributed by atoms with Crippen molar-refractivity contribution in [2.45, 2.75) is 13.3 Å². The third-order valence-corrected chi connectivity index (χ3v) is 3.01. The number of carbonyl (C=O) groups excluding carboxylic acids is 3. The molecule has 1 aromatic carbocycles. The fourth-order valence-corrected chi connectivity index (χ4v) is 1.77. The second-order valence-electron chi connectivity index (χ2n) is 4.88. The highest BCUT2D eigenvalue weighted by Crippen LogP contribution is 2.12. The molecule has 1 aromatic rings. The minimum Gasteiger partial charge on any atom is -0.497 e. The topological polar surface area (TPSA) is 96.5 Å². The summed E-state index contributed by atoms with van der Waals surface area (Å²) in [6, 6.07) is 7.27. The van der Waals surface area contributed by atoms with Gasteiger partial charge in [-0.25, -0.2) is 0 Å². The van der Waals surface area contributed by atoms with Crippen molar-refractivity contribution < 1.29 is 19.1 Å². The standard InChI is InChI=1S/C17H23N3O4/c1-3-18-17(23)12-20-16(22)10-11-19-15(21)9-6-13-4-7-14(24-2)8-5-13/h4-9H,3,10-12H2,1-2H3,(H,18,23)(H,19,21)(H,20,22)/b9-6+. The highest BCUT2D eigenvalue weighted by Gasteiger charge is 2.05. The highest BCUT2D eigenvalue weighted by atomic mass is 16.5. The lowest BCUT2D eigenvalue weighted by atomic mass is 10.2. The molecule has 130 valence electrons. The molecule has 0 atom stereocenters. The van der Waals surface area contributed by atoms with Gasteiger partial charge in [-0.2, -0.15) is 0 Å². The van der Waals surface area contributed by atoms with Gasteiger partial charge in [-0.3, -0.25) is 14.4 Å². The Hall–Kier alpha value is -2.83. The zero-order valence-electron chi connectivity index (χ0n) is 13.9. The van der Waals surface area contributed by atoms with Crippen LogP contribution in [0.15, 0.2) is 30.3 Å². The minimum absolute atomic E-state index is 0.0575. The summed E-state index contributed by atoms with van der Waals surface area (Å²) in [7, 11) is 1.59. The lowest BCUT2D eigenvalue weighted by molar-refractivity contribution is -0.126. The number of likely N-dealkylation sites (N-methyl/N-ethyl adjacent to an activating group) is 1. The van der Waals surface area contributed by atoms with E-state index in [0.717, 1.165) is 11.3 Å². The van der Waals surface area contributed by atoms with Crippen LogP contribution >= 0.6 is 0 Å². The smallest absolute Gasteiger partial charge is 0.244 e. The van der Waals surface area contributed by atoms with Crippen molar-refractivity contribution in [3.63, 3.8) is 0 Å². The molecule has 0 aliphatic rings. The normalized spacial score (nSPS) is 10.2. The summed E-state index contributed by atoms with van der Waals surface area (Å²) in [5.41, 5.74) is 0.866. The zero-order chi connectivity index (χ0) is 17.8. The first-order valence-corrected chi connectivity index (χ1v) is 7.68. The number of amides is 3. The molecule has 0 bridgehead atoms. The predicted molar refractivity (Wildman–Crippen MR) is 91.3 cm³/mol. The second kappa shape index (κ2) is 10.8. The van der Waals surface area contributed by atoms with Crippen LogP contribution in [0.1, 0.15) is 18.9 Å². The Morgan fingerprint density at radius 2 is 1.75 bits per heavy atom. The Morgan fingerprint density at radius 1 is 1.04 bits per heavy atom. The number of nitrogens with one attached hydrogen (secondary N) is 3. The number of hydrogen-bond donors (Lipinski definition) is 3. The third kappa shape index (κ3) is 7.98. The van der Waals surface area contributed by atoms with Crippen molar-refractivity contribution in [2.24, 2.45) is 0 Å². The van der Waals surface area contributed by atoms with Gasteiger partial charge in [-0.05, 0) is 30.7 Å². The van der Waals surface area contributed by atoms with E-state index >= 15 is 0 Å². The summed E-state index contributed by atoms with van der Waals surface area (Å²) in [6.07, 6.45) is 3.18. The van der Waals surface area contributed by atoms with Crippen LogP contribution in [0.2, 0.25) is 0 Å². The highest BCUT2D eigenvalue weighted by molar-refractivity contribution is 5.92. The summed E-state index contributed by atoms with van der Waals surface area (Å²) in [6.45, 7) is 2.46. The first kappa shape index (κ1) is 19.2. The van der Waals surface area contributed by atoms with Crippen LogP contribution in [0, 0.1) is 0 Å². The van der Waals surface area contributed by atoms with Gasteiger partial charge in [0.15, 0.2) is 0 Å². The van der Waals surface area contributed by atoms with E-state index in [0.29, 0.717) is 6.54 Å². The number of ether oxygens (including phenoxy) is 1. The molecule has 0 aromatic heterocycles. The molecule has 7 heteroatoms. The Bertz CT molecular complexity index is 582. The molecule has 0 aliphatic heterocycles. The molecule has 0 heterocycles. The number of hydrogen-bond acceptors (Lipinski definition) is 4. The van der Waals surface area contributed by atoms with Crippen molar-refractivity contribution in [2.75, 3.05) is 26.7 Å². The van der Waals surface area contributed by atoms with E-state index in [-0.39, 0.29) is 37.2 Å². The Morgan fingerprint density at radius 3 is 2.38 bits per heavy atom. The zero-order valence-corrected chi connectivity index (χ0v) is 13.9. The molecule has 0 fully saturated rings. The molecule has 3 amide bonds. The molecule has 0 spiro atoms. The SMILES string of the molecule is CCNC(=O)CNC(=O)CCNC(=O)/C=C/c1ccc(OC)cc1. The van der Waals surface area contributed by atoms with Gasteiger partial charge < -0.3 is 20.7 Å². The van der Waals surface area contributed by atoms with Crippen LogP contribution in [0.4, 0.5) is 0 Å². The van der Waals surface area contributed by atoms with E-state index in [1.807, 2.05) is 12.1 Å². The first-order valence-electron chi connectivity index (χ1n) is 7.68. The molecule has 3 N–H and O–H groups in total. The van der Waals surface area contributed by atoms with Gasteiger partial charge in [0.2, 0.25) is 17.7 Å². The van der Waals surface area contributed by atoms with Crippen LogP contribution < -0.4 is 20.7 Å². The summed E-state index contributed by atoms with van der Waals surface area (Å²) in [5.74, 6) is -0.0735. The van der Waals surface area contributed by atoms with Gasteiger partial charge in [0.1, 0.15) is 5.75 Å². The van der Waals surface area contributed by atoms with Gasteiger partial charge in [-0.1, -0.05) is 12.1 Å². The van der Waals surface area contributed by atoms with Crippen molar-refractivity contribution in [3.8, 4) is 5.75 Å². The summed E-state index contributed by atoms with van der Waals surface area (Å²) in [4.78, 5) is 34.3. The van der Waals surface area contributed by atoms with Crippen LogP contribution in [-0.2, 0) is 14.4 Å². The molecular formula is C17H23N3O4. The first-order chi connectivity index (χ1) is 11.5. The summed E-state index contributed by atoms with van der Waals surface area (Å²) in [5, 5.41) is 7.66. The largest absolute Gasteiger partial charge is 0.497 e. The molecule has 0 aliphatic carbocycles. The summed E-state index contributed by atoms with van der Waals surface area (Å²) < 4.78 is 5.05. The average molecular weight is 333 g/mol. The van der Waals surface area contributed by atoms with Gasteiger partial charge in [-0.15, -0.1) is 0 Å². The number of methoxy groups -OCH3 is 1. The van der Waals surface area contributed by atoms with Gasteiger partial charge in [0.25, 0.3) is 0 Å². The van der Waals surface area contributed by atoms with Crippen LogP contribution in [0.5, 0.6) is 5.75 Å². The van der Waals surface area contributed by atoms with Crippen molar-refractivity contribution >= 4 is 23.8 Å². The Kier molecular flexibility index (Phi) is 8.67. The molecule has 1 rings (SSSR count). The van der Waals surface area contributed by atoms with Crippen LogP contribution in [0.25, 0.3) is 6.08 Å². The molecule has 24 heavy (non-hydrogen) atoms. The number of benzene rings is 1. The maximum atomic E-state index is 11.7. The van der Waals surface area contributed by atoms with E-state index in [2.05, 4.69) is 16.0 Å². The number of rotatable bonds is 9. The quantitative estimate of drug-likeness (QED) is 0.572. The predicted octanol–water partition coefficient (Wildman–Crippen LogP) is 0.467.